The number of rotatable bonds is 12. The fourth-order valence-corrected chi connectivity index (χ4v) is 5.62. The molecule has 3 N–H and O–H groups in total. The van der Waals surface area contributed by atoms with Crippen molar-refractivity contribution in [2.24, 2.45) is 17.8 Å². The number of carbonyl (C=O) groups excluding carboxylic acids is 3. The summed E-state index contributed by atoms with van der Waals surface area (Å²) in [5.41, 5.74) is 6.23. The van der Waals surface area contributed by atoms with E-state index in [4.69, 9.17) is 65.8 Å². The number of carbonyl (C=O) groups is 4. The third-order valence-electron chi connectivity index (χ3n) is 6.35. The normalized spacial score (nSPS) is 11.5. The van der Waals surface area contributed by atoms with E-state index in [1.807, 2.05) is 37.4 Å². The SMILES string of the molecule is C.CCOC(=O)C(Cl)C(C)=O.Cc1ncoc1-c1nnc(SCCCCl)n1C.Cc1ncoc1C(=O)O.Cc1ncoc1C1=NCC(=S)N1C.ClCCCBr.NC=O. The van der Waals surface area contributed by atoms with E-state index >= 15 is 0 Å². The topological polar surface area (TPSA) is 248 Å². The van der Waals surface area contributed by atoms with Gasteiger partial charge in [-0.05, 0) is 47.5 Å². The third kappa shape index (κ3) is 20.2. The maximum absolute atomic E-state index is 10.6. The van der Waals surface area contributed by atoms with E-state index in [0.29, 0.717) is 35.5 Å². The van der Waals surface area contributed by atoms with Gasteiger partial charge in [0.15, 0.2) is 52.9 Å². The number of Topliss-reactive ketones (excluding diaryl/α,β-unsaturated/α-hetero) is 1. The molecule has 0 fully saturated rings. The van der Waals surface area contributed by atoms with E-state index in [1.54, 1.807) is 25.6 Å². The Balaban J connectivity index is 0. The van der Waals surface area contributed by atoms with Gasteiger partial charge >= 0.3 is 11.9 Å². The molecule has 0 aromatic carbocycles. The molecule has 4 aromatic heterocycles. The van der Waals surface area contributed by atoms with Crippen LogP contribution in [-0.2, 0) is 26.2 Å². The third-order valence-corrected chi connectivity index (χ3v) is 9.44. The van der Waals surface area contributed by atoms with Crippen LogP contribution in [0.15, 0.2) is 42.6 Å². The van der Waals surface area contributed by atoms with Gasteiger partial charge in [-0.1, -0.05) is 47.3 Å². The Morgan fingerprint density at radius 2 is 1.55 bits per heavy atom. The minimum absolute atomic E-state index is 0. The average molecular weight is 978 g/mol. The van der Waals surface area contributed by atoms with Crippen molar-refractivity contribution >= 4 is 110 Å². The predicted octanol–water partition coefficient (Wildman–Crippen LogP) is 6.68. The summed E-state index contributed by atoms with van der Waals surface area (Å²) in [6, 6.07) is 0. The fraction of sp³-hybridized carbons (Fsp3) is 0.500. The molecule has 324 valence electrons. The number of amidine groups is 1. The molecule has 58 heavy (non-hydrogen) atoms. The van der Waals surface area contributed by atoms with Crippen molar-refractivity contribution in [1.82, 2.24) is 34.6 Å². The first kappa shape index (κ1) is 56.2. The lowest BCUT2D eigenvalue weighted by atomic mass is 10.3. The molecule has 0 saturated heterocycles. The molecule has 0 bridgehead atoms. The maximum atomic E-state index is 10.6. The number of hydrogen-bond acceptors (Lipinski definition) is 16. The van der Waals surface area contributed by atoms with Gasteiger partial charge in [0.1, 0.15) is 4.99 Å². The van der Waals surface area contributed by atoms with Gasteiger partial charge in [-0.15, -0.1) is 45.0 Å². The number of ether oxygens (including phenoxy) is 1. The second kappa shape index (κ2) is 32.0. The van der Waals surface area contributed by atoms with Gasteiger partial charge in [-0.2, -0.15) is 0 Å². The van der Waals surface area contributed by atoms with E-state index in [9.17, 15) is 14.4 Å². The number of aromatic carboxylic acids is 1. The molecule has 1 unspecified atom stereocenters. The lowest BCUT2D eigenvalue weighted by molar-refractivity contribution is -0.144. The molecule has 1 atom stereocenters. The number of hydrogen-bond donors (Lipinski definition) is 2. The summed E-state index contributed by atoms with van der Waals surface area (Å²) in [5.74, 6) is 3.01. The zero-order valence-corrected chi connectivity index (χ0v) is 37.7. The van der Waals surface area contributed by atoms with Crippen molar-refractivity contribution in [2.45, 2.75) is 65.4 Å². The van der Waals surface area contributed by atoms with Crippen molar-refractivity contribution in [3.8, 4) is 11.6 Å². The number of nitrogens with two attached hydrogens (primary N) is 1. The zero-order chi connectivity index (χ0) is 43.5. The minimum Gasteiger partial charge on any atom is -0.475 e. The molecule has 18 nitrogen and oxygen atoms in total. The second-order valence-corrected chi connectivity index (χ2v) is 14.1. The Bertz CT molecular complexity index is 1850. The summed E-state index contributed by atoms with van der Waals surface area (Å²) in [6.07, 6.45) is 6.22. The Labute approximate surface area is 370 Å². The van der Waals surface area contributed by atoms with Crippen molar-refractivity contribution < 1.29 is 42.3 Å². The zero-order valence-electron chi connectivity index (χ0n) is 32.2. The number of carboxylic acids is 1. The highest BCUT2D eigenvalue weighted by Crippen LogP contribution is 2.25. The molecule has 0 spiro atoms. The molecular weight excluding hydrogens is 929 g/mol. The number of likely N-dealkylation sites (N-methyl/N-ethyl adjacent to an activating group) is 1. The van der Waals surface area contributed by atoms with Gasteiger partial charge in [0.2, 0.25) is 18.0 Å². The van der Waals surface area contributed by atoms with Crippen LogP contribution < -0.4 is 5.73 Å². The van der Waals surface area contributed by atoms with Gasteiger partial charge in [0, 0.05) is 36.9 Å². The standard InChI is InChI=1S/C10H13ClN4OS.C8H9N3OS.C6H9ClO3.C5H5NO3.C3H6BrCl.CH3NO.CH4/c1-7-8(16-6-12-7)9-13-14-10(15(9)2)17-5-3-4-11;1-5-7(12-4-10-5)8-9-3-6(13)11(8)2;1-3-10-6(9)5(7)4(2)8;1-3-4(5(7)8)9-2-6-3;4-2-1-3-5;2-1-3;/h6H,3-5H2,1-2H3;4H,3H2,1-2H3;5H,3H2,1-2H3;2H,1H3,(H,7,8);1-3H2;1H,(H2,2,3);1H4. The summed E-state index contributed by atoms with van der Waals surface area (Å²) in [6.45, 7) is 9.06. The number of aliphatic imine (C=N–C) groups is 1. The minimum atomic E-state index is -1.14. The van der Waals surface area contributed by atoms with E-state index < -0.39 is 17.3 Å². The Kier molecular flexibility index (Phi) is 31.0. The van der Waals surface area contributed by atoms with Crippen molar-refractivity contribution in [3.63, 3.8) is 0 Å². The summed E-state index contributed by atoms with van der Waals surface area (Å²) < 4.78 is 21.4. The number of amides is 1. The van der Waals surface area contributed by atoms with Crippen molar-refractivity contribution in [3.05, 3.63) is 47.8 Å². The number of alkyl halides is 4. The first-order valence-electron chi connectivity index (χ1n) is 16.5. The van der Waals surface area contributed by atoms with Gasteiger partial charge in [0.05, 0.1) is 30.2 Å². The number of thioether (sulfide) groups is 1. The van der Waals surface area contributed by atoms with E-state index in [-0.39, 0.29) is 32.0 Å². The first-order valence-corrected chi connectivity index (χ1v) is 20.5. The van der Waals surface area contributed by atoms with Crippen LogP contribution in [0.4, 0.5) is 0 Å². The predicted molar refractivity (Wildman–Crippen MR) is 232 cm³/mol. The molecule has 0 saturated carbocycles. The molecule has 4 aromatic rings. The highest BCUT2D eigenvalue weighted by molar-refractivity contribution is 9.09. The molecule has 5 heterocycles. The van der Waals surface area contributed by atoms with Crippen molar-refractivity contribution in [2.75, 3.05) is 43.0 Å². The van der Waals surface area contributed by atoms with Crippen LogP contribution in [-0.4, -0.2) is 123 Å². The van der Waals surface area contributed by atoms with E-state index in [0.717, 1.165) is 63.6 Å². The number of thiocarbonyl (C=S) groups is 1. The fourth-order valence-electron chi connectivity index (χ4n) is 3.53. The average Bonchev–Trinajstić information content (AvgIpc) is 4.02. The summed E-state index contributed by atoms with van der Waals surface area (Å²) in [7, 11) is 3.80. The van der Waals surface area contributed by atoms with Crippen LogP contribution in [0.3, 0.4) is 0 Å². The summed E-state index contributed by atoms with van der Waals surface area (Å²) >= 11 is 26.2. The number of ketones is 1. The number of halogens is 4. The highest BCUT2D eigenvalue weighted by Gasteiger charge is 2.24. The Morgan fingerprint density at radius 3 is 1.91 bits per heavy atom. The Morgan fingerprint density at radius 1 is 1.02 bits per heavy atom. The molecule has 1 amide bonds. The van der Waals surface area contributed by atoms with Crippen LogP contribution in [0.1, 0.15) is 67.5 Å². The number of aryl methyl sites for hydroxylation is 3. The maximum Gasteiger partial charge on any atom is 0.373 e. The number of esters is 1. The van der Waals surface area contributed by atoms with E-state index in [2.05, 4.69) is 61.0 Å². The molecule has 1 aliphatic rings. The lowest BCUT2D eigenvalue weighted by Crippen LogP contribution is -2.27. The first-order chi connectivity index (χ1) is 27.1. The van der Waals surface area contributed by atoms with Crippen LogP contribution in [0.5, 0.6) is 0 Å². The van der Waals surface area contributed by atoms with Crippen LogP contribution in [0, 0.1) is 20.8 Å². The van der Waals surface area contributed by atoms with Crippen molar-refractivity contribution in [1.29, 1.82) is 0 Å². The van der Waals surface area contributed by atoms with Gasteiger partial charge in [-0.3, -0.25) is 14.6 Å². The number of nitrogens with zero attached hydrogens (tertiary/aromatic N) is 8. The summed E-state index contributed by atoms with van der Waals surface area (Å²) in [5, 5.41) is 17.3. The molecule has 0 radical (unpaired) electrons. The lowest BCUT2D eigenvalue weighted by Gasteiger charge is -2.11. The molecular formula is C34H49BrCl3N9O9S2. The van der Waals surface area contributed by atoms with Gasteiger partial charge in [0.25, 0.3) is 0 Å². The number of aromatic nitrogens is 6. The summed E-state index contributed by atoms with van der Waals surface area (Å²) in [4.78, 5) is 58.3. The van der Waals surface area contributed by atoms with E-state index in [1.165, 1.54) is 19.7 Å². The second-order valence-electron chi connectivity index (χ2n) is 10.5. The number of primary amides is 1. The molecule has 1 aliphatic heterocycles. The molecule has 24 heteroatoms. The largest absolute Gasteiger partial charge is 0.475 e. The van der Waals surface area contributed by atoms with Crippen LogP contribution in [0.25, 0.3) is 11.6 Å². The smallest absolute Gasteiger partial charge is 0.373 e. The number of carboxylic acid groups (broad SMARTS) is 1. The van der Waals surface area contributed by atoms with Gasteiger partial charge < -0.3 is 38.3 Å². The molecule has 5 rings (SSSR count). The highest BCUT2D eigenvalue weighted by atomic mass is 79.9. The molecule has 0 aliphatic carbocycles. The van der Waals surface area contributed by atoms with Gasteiger partial charge in [-0.25, -0.2) is 24.5 Å². The van der Waals surface area contributed by atoms with Crippen LogP contribution >= 0.6 is 74.7 Å². The number of oxazole rings is 3. The quantitative estimate of drug-likeness (QED) is 0.0286. The monoisotopic (exact) mass is 975 g/mol. The van der Waals surface area contributed by atoms with Crippen LogP contribution in [0.2, 0.25) is 0 Å². The Hall–Kier alpha value is -3.89.